The van der Waals surface area contributed by atoms with Crippen LogP contribution in [0.1, 0.15) is 19.3 Å². The van der Waals surface area contributed by atoms with Gasteiger partial charge in [-0.25, -0.2) is 0 Å². The lowest BCUT2D eigenvalue weighted by atomic mass is 10.1. The number of nitrogens with zero attached hydrogens (tertiary/aromatic N) is 2. The van der Waals surface area contributed by atoms with Crippen LogP contribution in [0.15, 0.2) is 0 Å². The van der Waals surface area contributed by atoms with E-state index in [9.17, 15) is 4.79 Å². The SMILES string of the molecule is CN1CCC(NCC2CN3CCCC3CO2)C1=O. The van der Waals surface area contributed by atoms with E-state index in [1.807, 2.05) is 7.05 Å². The number of likely N-dealkylation sites (N-methyl/N-ethyl adjacent to an activating group) is 1. The highest BCUT2D eigenvalue weighted by Crippen LogP contribution is 2.22. The Kier molecular flexibility index (Phi) is 3.54. The monoisotopic (exact) mass is 253 g/mol. The van der Waals surface area contributed by atoms with Crippen molar-refractivity contribution in [1.82, 2.24) is 15.1 Å². The maximum atomic E-state index is 11.8. The third kappa shape index (κ3) is 2.39. The summed E-state index contributed by atoms with van der Waals surface area (Å²) in [5.74, 6) is 0.227. The van der Waals surface area contributed by atoms with Crippen LogP contribution in [0.5, 0.6) is 0 Å². The lowest BCUT2D eigenvalue weighted by Gasteiger charge is -2.35. The molecule has 5 nitrogen and oxygen atoms in total. The zero-order valence-electron chi connectivity index (χ0n) is 11.1. The zero-order valence-corrected chi connectivity index (χ0v) is 11.1. The highest BCUT2D eigenvalue weighted by molar-refractivity contribution is 5.83. The summed E-state index contributed by atoms with van der Waals surface area (Å²) < 4.78 is 5.88. The molecule has 3 unspecified atom stereocenters. The second-order valence-corrected chi connectivity index (χ2v) is 5.76. The molecule has 3 fully saturated rings. The van der Waals surface area contributed by atoms with Crippen LogP contribution in [-0.2, 0) is 9.53 Å². The van der Waals surface area contributed by atoms with Gasteiger partial charge >= 0.3 is 0 Å². The fraction of sp³-hybridized carbons (Fsp3) is 0.923. The third-order valence-corrected chi connectivity index (χ3v) is 4.48. The van der Waals surface area contributed by atoms with Gasteiger partial charge in [-0.15, -0.1) is 0 Å². The van der Waals surface area contributed by atoms with E-state index >= 15 is 0 Å². The van der Waals surface area contributed by atoms with Crippen LogP contribution in [0.4, 0.5) is 0 Å². The molecular formula is C13H23N3O2. The van der Waals surface area contributed by atoms with Crippen molar-refractivity contribution in [1.29, 1.82) is 0 Å². The number of rotatable bonds is 3. The van der Waals surface area contributed by atoms with Crippen LogP contribution < -0.4 is 5.32 Å². The van der Waals surface area contributed by atoms with E-state index in [2.05, 4.69) is 10.2 Å². The average molecular weight is 253 g/mol. The Morgan fingerprint density at radius 2 is 2.28 bits per heavy atom. The van der Waals surface area contributed by atoms with Gasteiger partial charge in [0.15, 0.2) is 0 Å². The van der Waals surface area contributed by atoms with Crippen molar-refractivity contribution in [2.75, 3.05) is 39.8 Å². The van der Waals surface area contributed by atoms with Crippen LogP contribution in [0, 0.1) is 0 Å². The van der Waals surface area contributed by atoms with Crippen LogP contribution >= 0.6 is 0 Å². The van der Waals surface area contributed by atoms with E-state index in [0.29, 0.717) is 6.04 Å². The molecule has 0 radical (unpaired) electrons. The van der Waals surface area contributed by atoms with E-state index in [0.717, 1.165) is 32.7 Å². The molecular weight excluding hydrogens is 230 g/mol. The first-order valence-electron chi connectivity index (χ1n) is 7.08. The molecule has 0 aromatic rings. The van der Waals surface area contributed by atoms with Gasteiger partial charge in [0.2, 0.25) is 5.91 Å². The van der Waals surface area contributed by atoms with Gasteiger partial charge in [-0.2, -0.15) is 0 Å². The molecule has 0 aliphatic carbocycles. The molecule has 0 spiro atoms. The Morgan fingerprint density at radius 1 is 1.39 bits per heavy atom. The molecule has 0 bridgehead atoms. The van der Waals surface area contributed by atoms with Crippen LogP contribution in [-0.4, -0.2) is 73.7 Å². The third-order valence-electron chi connectivity index (χ3n) is 4.48. The fourth-order valence-electron chi connectivity index (χ4n) is 3.29. The summed E-state index contributed by atoms with van der Waals surface area (Å²) in [4.78, 5) is 16.1. The number of hydrogen-bond donors (Lipinski definition) is 1. The molecule has 3 rings (SSSR count). The van der Waals surface area contributed by atoms with Gasteiger partial charge in [0.25, 0.3) is 0 Å². The van der Waals surface area contributed by atoms with Crippen molar-refractivity contribution >= 4 is 5.91 Å². The fourth-order valence-corrected chi connectivity index (χ4v) is 3.29. The molecule has 0 saturated carbocycles. The number of morpholine rings is 1. The Hall–Kier alpha value is -0.650. The lowest BCUT2D eigenvalue weighted by Crippen LogP contribution is -2.51. The first-order valence-corrected chi connectivity index (χ1v) is 7.08. The Labute approximate surface area is 108 Å². The number of hydrogen-bond acceptors (Lipinski definition) is 4. The van der Waals surface area contributed by atoms with Crippen molar-refractivity contribution < 1.29 is 9.53 Å². The largest absolute Gasteiger partial charge is 0.374 e. The first-order chi connectivity index (χ1) is 8.74. The van der Waals surface area contributed by atoms with Crippen molar-refractivity contribution in [3.05, 3.63) is 0 Å². The average Bonchev–Trinajstić information content (AvgIpc) is 2.96. The second-order valence-electron chi connectivity index (χ2n) is 5.76. The van der Waals surface area contributed by atoms with E-state index in [1.54, 1.807) is 4.90 Å². The second kappa shape index (κ2) is 5.15. The molecule has 0 aromatic heterocycles. The van der Waals surface area contributed by atoms with Gasteiger partial charge in [-0.1, -0.05) is 0 Å². The molecule has 3 saturated heterocycles. The number of ether oxygens (including phenoxy) is 1. The number of amides is 1. The summed E-state index contributed by atoms with van der Waals surface area (Å²) >= 11 is 0. The Bertz CT molecular complexity index is 323. The highest BCUT2D eigenvalue weighted by Gasteiger charge is 2.34. The molecule has 1 amide bonds. The number of likely N-dealkylation sites (tertiary alicyclic amines) is 1. The van der Waals surface area contributed by atoms with Gasteiger partial charge in [0.1, 0.15) is 0 Å². The normalized spacial score (nSPS) is 37.3. The van der Waals surface area contributed by atoms with E-state index in [4.69, 9.17) is 4.74 Å². The Morgan fingerprint density at radius 3 is 3.06 bits per heavy atom. The van der Waals surface area contributed by atoms with Crippen LogP contribution in [0.2, 0.25) is 0 Å². The summed E-state index contributed by atoms with van der Waals surface area (Å²) in [7, 11) is 1.87. The summed E-state index contributed by atoms with van der Waals surface area (Å²) in [5, 5.41) is 3.37. The van der Waals surface area contributed by atoms with Crippen LogP contribution in [0.25, 0.3) is 0 Å². The molecule has 3 aliphatic heterocycles. The molecule has 18 heavy (non-hydrogen) atoms. The number of carbonyl (C=O) groups excluding carboxylic acids is 1. The quantitative estimate of drug-likeness (QED) is 0.748. The van der Waals surface area contributed by atoms with E-state index < -0.39 is 0 Å². The molecule has 0 aromatic carbocycles. The highest BCUT2D eigenvalue weighted by atomic mass is 16.5. The number of nitrogens with one attached hydrogen (secondary N) is 1. The molecule has 1 N–H and O–H groups in total. The van der Waals surface area contributed by atoms with Gasteiger partial charge in [0.05, 0.1) is 18.8 Å². The smallest absolute Gasteiger partial charge is 0.239 e. The van der Waals surface area contributed by atoms with Gasteiger partial charge in [-0.3, -0.25) is 9.69 Å². The van der Waals surface area contributed by atoms with Gasteiger partial charge in [-0.05, 0) is 25.8 Å². The lowest BCUT2D eigenvalue weighted by molar-refractivity contribution is -0.128. The first kappa shape index (κ1) is 12.4. The van der Waals surface area contributed by atoms with Crippen molar-refractivity contribution in [2.45, 2.75) is 37.5 Å². The predicted octanol–water partition coefficient (Wildman–Crippen LogP) is -0.330. The summed E-state index contributed by atoms with van der Waals surface area (Å²) in [6, 6.07) is 0.662. The number of fused-ring (bicyclic) bond motifs is 1. The zero-order chi connectivity index (χ0) is 12.5. The standard InChI is InChI=1S/C13H23N3O2/c1-15-6-4-12(13(15)17)14-7-11-8-16-5-2-3-10(16)9-18-11/h10-12,14H,2-9H2,1H3. The minimum absolute atomic E-state index is 0.00917. The van der Waals surface area contributed by atoms with Gasteiger partial charge in [0, 0.05) is 32.7 Å². The molecule has 5 heteroatoms. The molecule has 3 heterocycles. The van der Waals surface area contributed by atoms with Crippen LogP contribution in [0.3, 0.4) is 0 Å². The minimum atomic E-state index is 0.00917. The number of carbonyl (C=O) groups is 1. The summed E-state index contributed by atoms with van der Waals surface area (Å²) in [6.45, 7) is 4.78. The predicted molar refractivity (Wildman–Crippen MR) is 68.4 cm³/mol. The summed E-state index contributed by atoms with van der Waals surface area (Å²) in [5.41, 5.74) is 0. The maximum Gasteiger partial charge on any atom is 0.239 e. The van der Waals surface area contributed by atoms with E-state index in [1.165, 1.54) is 19.4 Å². The molecule has 102 valence electrons. The van der Waals surface area contributed by atoms with Crippen molar-refractivity contribution in [2.24, 2.45) is 0 Å². The molecule has 3 aliphatic rings. The van der Waals surface area contributed by atoms with E-state index in [-0.39, 0.29) is 18.1 Å². The van der Waals surface area contributed by atoms with Gasteiger partial charge < -0.3 is 15.0 Å². The minimum Gasteiger partial charge on any atom is -0.374 e. The topological polar surface area (TPSA) is 44.8 Å². The van der Waals surface area contributed by atoms with Crippen molar-refractivity contribution in [3.8, 4) is 0 Å². The molecule has 3 atom stereocenters. The van der Waals surface area contributed by atoms with Crippen molar-refractivity contribution in [3.63, 3.8) is 0 Å². The Balaban J connectivity index is 1.45. The summed E-state index contributed by atoms with van der Waals surface area (Å²) in [6.07, 6.45) is 3.76. The maximum absolute atomic E-state index is 11.8.